The Morgan fingerprint density at radius 1 is 1.18 bits per heavy atom. The fourth-order valence-electron chi connectivity index (χ4n) is 2.31. The maximum atomic E-state index is 9.98. The smallest absolute Gasteiger partial charge is 0.189 e. The van der Waals surface area contributed by atoms with Crippen molar-refractivity contribution in [2.75, 3.05) is 6.61 Å². The minimum Gasteiger partial charge on any atom is -0.394 e. The number of nitriles is 1. The highest BCUT2D eigenvalue weighted by molar-refractivity contribution is 5.27. The molecule has 6 atom stereocenters. The van der Waals surface area contributed by atoms with Gasteiger partial charge >= 0.3 is 0 Å². The number of hydrogen-bond donors (Lipinski definition) is 4. The van der Waals surface area contributed by atoms with Crippen LogP contribution in [0.5, 0.6) is 0 Å². The Balaban J connectivity index is 2.22. The van der Waals surface area contributed by atoms with E-state index >= 15 is 0 Å². The van der Waals surface area contributed by atoms with Gasteiger partial charge in [-0.05, 0) is 12.5 Å². The number of aliphatic hydroxyl groups is 4. The van der Waals surface area contributed by atoms with Gasteiger partial charge in [0.2, 0.25) is 0 Å². The molecule has 0 aliphatic carbocycles. The molecule has 7 nitrogen and oxygen atoms in total. The molecule has 1 heterocycles. The Labute approximate surface area is 128 Å². The van der Waals surface area contributed by atoms with E-state index in [1.165, 1.54) is 6.92 Å². The Hall–Kier alpha value is -1.53. The SMILES string of the molecule is CC(C#N)(OC1OC(CO)C(O)C(O)C1O)c1ccccc1. The molecular formula is C15H19NO6. The Morgan fingerprint density at radius 2 is 1.82 bits per heavy atom. The van der Waals surface area contributed by atoms with Crippen molar-refractivity contribution in [3.05, 3.63) is 35.9 Å². The molecule has 1 fully saturated rings. The van der Waals surface area contributed by atoms with Crippen molar-refractivity contribution in [3.63, 3.8) is 0 Å². The molecule has 1 saturated heterocycles. The molecule has 0 bridgehead atoms. The third kappa shape index (κ3) is 3.13. The summed E-state index contributed by atoms with van der Waals surface area (Å²) in [6.45, 7) is 0.948. The largest absolute Gasteiger partial charge is 0.394 e. The first kappa shape index (κ1) is 16.8. The van der Waals surface area contributed by atoms with E-state index in [2.05, 4.69) is 0 Å². The third-order valence-corrected chi connectivity index (χ3v) is 3.74. The van der Waals surface area contributed by atoms with Crippen molar-refractivity contribution in [2.45, 2.75) is 43.2 Å². The van der Waals surface area contributed by atoms with Gasteiger partial charge in [0.05, 0.1) is 6.61 Å². The lowest BCUT2D eigenvalue weighted by Crippen LogP contribution is -2.60. The molecule has 1 aromatic carbocycles. The number of hydrogen-bond acceptors (Lipinski definition) is 7. The monoisotopic (exact) mass is 309 g/mol. The molecule has 120 valence electrons. The molecule has 1 aliphatic rings. The molecule has 1 aliphatic heterocycles. The van der Waals surface area contributed by atoms with Gasteiger partial charge in [-0.3, -0.25) is 0 Å². The molecule has 0 radical (unpaired) electrons. The Kier molecular flexibility index (Phi) is 5.13. The first-order valence-corrected chi connectivity index (χ1v) is 6.88. The topological polar surface area (TPSA) is 123 Å². The van der Waals surface area contributed by atoms with E-state index < -0.39 is 42.9 Å². The number of rotatable bonds is 4. The molecule has 0 saturated carbocycles. The quantitative estimate of drug-likeness (QED) is 0.576. The second-order valence-electron chi connectivity index (χ2n) is 5.33. The Morgan fingerprint density at radius 3 is 2.36 bits per heavy atom. The average Bonchev–Trinajstić information content (AvgIpc) is 2.56. The van der Waals surface area contributed by atoms with Crippen molar-refractivity contribution in [1.82, 2.24) is 0 Å². The van der Waals surface area contributed by atoms with Crippen LogP contribution in [0.3, 0.4) is 0 Å². The van der Waals surface area contributed by atoms with Crippen LogP contribution in [-0.2, 0) is 15.1 Å². The maximum Gasteiger partial charge on any atom is 0.189 e. The van der Waals surface area contributed by atoms with Gasteiger partial charge in [-0.25, -0.2) is 0 Å². The summed E-state index contributed by atoms with van der Waals surface area (Å²) in [7, 11) is 0. The lowest BCUT2D eigenvalue weighted by molar-refractivity contribution is -0.320. The van der Waals surface area contributed by atoms with Crippen LogP contribution in [0.2, 0.25) is 0 Å². The molecule has 4 N–H and O–H groups in total. The van der Waals surface area contributed by atoms with Crippen LogP contribution in [0.15, 0.2) is 30.3 Å². The summed E-state index contributed by atoms with van der Waals surface area (Å²) >= 11 is 0. The molecular weight excluding hydrogens is 290 g/mol. The molecule has 7 heteroatoms. The highest BCUT2D eigenvalue weighted by Crippen LogP contribution is 2.31. The van der Waals surface area contributed by atoms with Crippen LogP contribution in [0, 0.1) is 11.3 Å². The van der Waals surface area contributed by atoms with Gasteiger partial charge < -0.3 is 29.9 Å². The van der Waals surface area contributed by atoms with E-state index in [1.807, 2.05) is 6.07 Å². The second-order valence-corrected chi connectivity index (χ2v) is 5.33. The number of aliphatic hydroxyl groups excluding tert-OH is 4. The Bertz CT molecular complexity index is 531. The maximum absolute atomic E-state index is 9.98. The zero-order valence-corrected chi connectivity index (χ0v) is 12.0. The summed E-state index contributed by atoms with van der Waals surface area (Å²) in [4.78, 5) is 0. The minimum atomic E-state index is -1.55. The second kappa shape index (κ2) is 6.71. The first-order chi connectivity index (χ1) is 10.4. The van der Waals surface area contributed by atoms with Gasteiger partial charge in [-0.1, -0.05) is 30.3 Å². The molecule has 2 rings (SSSR count). The van der Waals surface area contributed by atoms with Gasteiger partial charge in [0, 0.05) is 0 Å². The predicted octanol–water partition coefficient (Wildman–Crippen LogP) is -0.758. The van der Waals surface area contributed by atoms with Crippen molar-refractivity contribution in [3.8, 4) is 6.07 Å². The van der Waals surface area contributed by atoms with Crippen LogP contribution in [0.25, 0.3) is 0 Å². The van der Waals surface area contributed by atoms with E-state index in [4.69, 9.17) is 14.6 Å². The zero-order chi connectivity index (χ0) is 16.3. The van der Waals surface area contributed by atoms with E-state index in [0.717, 1.165) is 0 Å². The van der Waals surface area contributed by atoms with E-state index in [1.54, 1.807) is 30.3 Å². The van der Waals surface area contributed by atoms with Crippen molar-refractivity contribution >= 4 is 0 Å². The molecule has 0 amide bonds. The van der Waals surface area contributed by atoms with Crippen molar-refractivity contribution < 1.29 is 29.9 Å². The fourth-order valence-corrected chi connectivity index (χ4v) is 2.31. The number of nitrogens with zero attached hydrogens (tertiary/aromatic N) is 1. The van der Waals surface area contributed by atoms with Crippen LogP contribution in [-0.4, -0.2) is 57.7 Å². The van der Waals surface area contributed by atoms with E-state index in [9.17, 15) is 20.6 Å². The predicted molar refractivity (Wildman–Crippen MR) is 74.3 cm³/mol. The molecule has 22 heavy (non-hydrogen) atoms. The zero-order valence-electron chi connectivity index (χ0n) is 12.0. The number of ether oxygens (including phenoxy) is 2. The fraction of sp³-hybridized carbons (Fsp3) is 0.533. The van der Waals surface area contributed by atoms with Crippen LogP contribution in [0.1, 0.15) is 12.5 Å². The summed E-state index contributed by atoms with van der Waals surface area (Å²) in [6.07, 6.45) is -7.00. The molecule has 6 unspecified atom stereocenters. The minimum absolute atomic E-state index is 0.550. The average molecular weight is 309 g/mol. The van der Waals surface area contributed by atoms with Crippen molar-refractivity contribution in [2.24, 2.45) is 0 Å². The summed E-state index contributed by atoms with van der Waals surface area (Å²) in [5.74, 6) is 0. The normalized spacial score (nSPS) is 34.6. The van der Waals surface area contributed by atoms with Gasteiger partial charge in [0.1, 0.15) is 30.5 Å². The standard InChI is InChI=1S/C15H19NO6/c1-15(8-16,9-5-3-2-4-6-9)22-14-13(20)12(19)11(18)10(7-17)21-14/h2-6,10-14,17-20H,7H2,1H3. The first-order valence-electron chi connectivity index (χ1n) is 6.88. The van der Waals surface area contributed by atoms with E-state index in [-0.39, 0.29) is 0 Å². The molecule has 1 aromatic rings. The third-order valence-electron chi connectivity index (χ3n) is 3.74. The van der Waals surface area contributed by atoms with Gasteiger partial charge in [-0.2, -0.15) is 5.26 Å². The summed E-state index contributed by atoms with van der Waals surface area (Å²) in [6, 6.07) is 10.6. The van der Waals surface area contributed by atoms with Gasteiger partial charge in [0.15, 0.2) is 11.9 Å². The highest BCUT2D eigenvalue weighted by Gasteiger charge is 2.46. The lowest BCUT2D eigenvalue weighted by atomic mass is 9.96. The van der Waals surface area contributed by atoms with E-state index in [0.29, 0.717) is 5.56 Å². The number of benzene rings is 1. The highest BCUT2D eigenvalue weighted by atomic mass is 16.7. The van der Waals surface area contributed by atoms with Gasteiger partial charge in [0.25, 0.3) is 0 Å². The van der Waals surface area contributed by atoms with Crippen molar-refractivity contribution in [1.29, 1.82) is 5.26 Å². The summed E-state index contributed by atoms with van der Waals surface area (Å²) < 4.78 is 10.8. The lowest BCUT2D eigenvalue weighted by Gasteiger charge is -2.41. The van der Waals surface area contributed by atoms with Crippen LogP contribution >= 0.6 is 0 Å². The van der Waals surface area contributed by atoms with Crippen LogP contribution in [0.4, 0.5) is 0 Å². The van der Waals surface area contributed by atoms with Gasteiger partial charge in [-0.15, -0.1) is 0 Å². The van der Waals surface area contributed by atoms with Crippen LogP contribution < -0.4 is 0 Å². The molecule has 0 aromatic heterocycles. The molecule has 0 spiro atoms. The summed E-state index contributed by atoms with van der Waals surface area (Å²) in [5.41, 5.74) is -0.871. The summed E-state index contributed by atoms with van der Waals surface area (Å²) in [5, 5.41) is 48.0.